The van der Waals surface area contributed by atoms with Gasteiger partial charge in [-0.25, -0.2) is 0 Å². The van der Waals surface area contributed by atoms with E-state index in [1.54, 1.807) is 0 Å². The molecule has 33 heavy (non-hydrogen) atoms. The summed E-state index contributed by atoms with van der Waals surface area (Å²) < 4.78 is 0. The first kappa shape index (κ1) is 23.5. The van der Waals surface area contributed by atoms with Crippen molar-refractivity contribution in [1.82, 2.24) is 0 Å². The van der Waals surface area contributed by atoms with Crippen LogP contribution in [0.2, 0.25) is 0 Å². The van der Waals surface area contributed by atoms with Gasteiger partial charge in [-0.15, -0.1) is 11.3 Å². The van der Waals surface area contributed by atoms with Crippen LogP contribution in [0, 0.1) is 0 Å². The lowest BCUT2D eigenvalue weighted by Crippen LogP contribution is -2.17. The Balaban J connectivity index is 1.48. The summed E-state index contributed by atoms with van der Waals surface area (Å²) in [5.41, 5.74) is 8.30. The maximum atomic E-state index is 5.82. The third-order valence-electron chi connectivity index (χ3n) is 5.74. The molecule has 3 heteroatoms. The van der Waals surface area contributed by atoms with E-state index in [-0.39, 0.29) is 11.0 Å². The molecule has 0 aliphatic heterocycles. The SMILES string of the molecule is CC(C)(C)ON=C1c2ccccc2-c2ccc(C=CCCCc3ccsc3C(C)(C)C)cc21. The third kappa shape index (κ3) is 5.47. The van der Waals surface area contributed by atoms with Crippen LogP contribution in [0.4, 0.5) is 0 Å². The van der Waals surface area contributed by atoms with Crippen molar-refractivity contribution in [3.05, 3.63) is 87.1 Å². The van der Waals surface area contributed by atoms with Crippen molar-refractivity contribution < 1.29 is 4.84 Å². The smallest absolute Gasteiger partial charge is 0.129 e. The van der Waals surface area contributed by atoms with Crippen molar-refractivity contribution in [3.63, 3.8) is 0 Å². The first-order valence-corrected chi connectivity index (χ1v) is 12.8. The molecule has 1 aromatic heterocycles. The van der Waals surface area contributed by atoms with Crippen LogP contribution < -0.4 is 0 Å². The highest BCUT2D eigenvalue weighted by atomic mass is 32.1. The Hall–Kier alpha value is -2.65. The summed E-state index contributed by atoms with van der Waals surface area (Å²) in [6, 6.07) is 17.4. The average molecular weight is 458 g/mol. The van der Waals surface area contributed by atoms with Gasteiger partial charge in [0.2, 0.25) is 0 Å². The number of oxime groups is 1. The Morgan fingerprint density at radius 2 is 1.61 bits per heavy atom. The molecule has 1 heterocycles. The first-order chi connectivity index (χ1) is 15.6. The van der Waals surface area contributed by atoms with E-state index in [2.05, 4.69) is 92.0 Å². The largest absolute Gasteiger partial charge is 0.390 e. The molecule has 0 spiro atoms. The van der Waals surface area contributed by atoms with E-state index in [9.17, 15) is 0 Å². The second kappa shape index (κ2) is 9.30. The van der Waals surface area contributed by atoms with Gasteiger partial charge < -0.3 is 4.84 Å². The van der Waals surface area contributed by atoms with Crippen LogP contribution in [0.3, 0.4) is 0 Å². The van der Waals surface area contributed by atoms with Gasteiger partial charge in [0.1, 0.15) is 11.3 Å². The van der Waals surface area contributed by atoms with Crippen molar-refractivity contribution in [2.24, 2.45) is 5.16 Å². The minimum absolute atomic E-state index is 0.233. The van der Waals surface area contributed by atoms with E-state index in [1.807, 2.05) is 32.1 Å². The van der Waals surface area contributed by atoms with Crippen LogP contribution in [-0.4, -0.2) is 11.3 Å². The number of nitrogens with zero attached hydrogens (tertiary/aromatic N) is 1. The number of allylic oxidation sites excluding steroid dienone is 1. The van der Waals surface area contributed by atoms with E-state index in [0.717, 1.165) is 29.7 Å². The number of hydrogen-bond donors (Lipinski definition) is 0. The molecule has 172 valence electrons. The molecule has 1 aliphatic carbocycles. The number of unbranched alkanes of at least 4 members (excludes halogenated alkanes) is 1. The summed E-state index contributed by atoms with van der Waals surface area (Å²) in [6.45, 7) is 13.0. The highest BCUT2D eigenvalue weighted by Crippen LogP contribution is 2.38. The number of aryl methyl sites for hydroxylation is 1. The fraction of sp³-hybridized carbons (Fsp3) is 0.367. The second-order valence-electron chi connectivity index (χ2n) is 10.8. The molecular weight excluding hydrogens is 422 g/mol. The molecule has 0 bridgehead atoms. The minimum Gasteiger partial charge on any atom is -0.390 e. The van der Waals surface area contributed by atoms with Crippen LogP contribution in [0.15, 0.2) is 65.1 Å². The Bertz CT molecular complexity index is 1180. The number of fused-ring (bicyclic) bond motifs is 3. The van der Waals surface area contributed by atoms with Crippen LogP contribution in [-0.2, 0) is 16.7 Å². The molecule has 0 amide bonds. The van der Waals surface area contributed by atoms with Gasteiger partial charge in [0, 0.05) is 16.0 Å². The average Bonchev–Trinajstić information content (AvgIpc) is 3.34. The molecule has 4 rings (SSSR count). The standard InChI is InChI=1S/C30H35NOS/c1-29(2,3)28-22(18-19-33-28)13-9-7-8-12-21-16-17-24-23-14-10-11-15-25(23)27(26(24)20-21)31-32-30(4,5)6/h8,10-12,14-20H,7,9,13H2,1-6H3. The zero-order valence-corrected chi connectivity index (χ0v) is 21.6. The summed E-state index contributed by atoms with van der Waals surface area (Å²) in [4.78, 5) is 7.34. The van der Waals surface area contributed by atoms with Crippen molar-refractivity contribution in [2.45, 2.75) is 71.8 Å². The fourth-order valence-electron chi connectivity index (χ4n) is 4.27. The van der Waals surface area contributed by atoms with Gasteiger partial charge in [-0.2, -0.15) is 0 Å². The van der Waals surface area contributed by atoms with Gasteiger partial charge in [0.25, 0.3) is 0 Å². The summed E-state index contributed by atoms with van der Waals surface area (Å²) in [7, 11) is 0. The van der Waals surface area contributed by atoms with E-state index in [1.165, 1.54) is 33.6 Å². The molecule has 0 N–H and O–H groups in total. The van der Waals surface area contributed by atoms with Crippen LogP contribution in [0.1, 0.15) is 81.5 Å². The Kier molecular flexibility index (Phi) is 6.63. The second-order valence-corrected chi connectivity index (χ2v) is 11.7. The molecule has 0 atom stereocenters. The van der Waals surface area contributed by atoms with Crippen molar-refractivity contribution in [1.29, 1.82) is 0 Å². The number of thiophene rings is 1. The molecule has 0 saturated carbocycles. The Morgan fingerprint density at radius 3 is 2.33 bits per heavy atom. The quantitative estimate of drug-likeness (QED) is 0.210. The number of hydrogen-bond acceptors (Lipinski definition) is 3. The topological polar surface area (TPSA) is 21.6 Å². The van der Waals surface area contributed by atoms with Gasteiger partial charge in [0.15, 0.2) is 0 Å². The normalized spacial score (nSPS) is 14.7. The van der Waals surface area contributed by atoms with Crippen LogP contribution >= 0.6 is 11.3 Å². The van der Waals surface area contributed by atoms with E-state index >= 15 is 0 Å². The van der Waals surface area contributed by atoms with E-state index < -0.39 is 0 Å². The Labute approximate surface area is 203 Å². The summed E-state index contributed by atoms with van der Waals surface area (Å²) in [5, 5.41) is 6.81. The lowest BCUT2D eigenvalue weighted by molar-refractivity contribution is 0.00121. The molecule has 2 nitrogen and oxygen atoms in total. The molecule has 0 radical (unpaired) electrons. The predicted molar refractivity (Wildman–Crippen MR) is 143 cm³/mol. The van der Waals surface area contributed by atoms with Crippen molar-refractivity contribution in [3.8, 4) is 11.1 Å². The van der Waals surface area contributed by atoms with Gasteiger partial charge in [-0.3, -0.25) is 0 Å². The molecule has 3 aromatic rings. The highest BCUT2D eigenvalue weighted by molar-refractivity contribution is 7.10. The van der Waals surface area contributed by atoms with Crippen LogP contribution in [0.5, 0.6) is 0 Å². The van der Waals surface area contributed by atoms with Gasteiger partial charge in [0.05, 0.1) is 0 Å². The molecular formula is C30H35NOS. The minimum atomic E-state index is -0.322. The van der Waals surface area contributed by atoms with Gasteiger partial charge in [-0.05, 0) is 85.2 Å². The maximum Gasteiger partial charge on any atom is 0.129 e. The van der Waals surface area contributed by atoms with Crippen molar-refractivity contribution in [2.75, 3.05) is 0 Å². The predicted octanol–water partition coefficient (Wildman–Crippen LogP) is 8.63. The number of rotatable bonds is 6. The highest BCUT2D eigenvalue weighted by Gasteiger charge is 2.26. The van der Waals surface area contributed by atoms with E-state index in [4.69, 9.17) is 4.84 Å². The molecule has 0 fully saturated rings. The summed E-state index contributed by atoms with van der Waals surface area (Å²) in [6.07, 6.45) is 7.92. The number of benzene rings is 2. The maximum absolute atomic E-state index is 5.82. The fourth-order valence-corrected chi connectivity index (χ4v) is 5.31. The lowest BCUT2D eigenvalue weighted by atomic mass is 9.90. The summed E-state index contributed by atoms with van der Waals surface area (Å²) in [5.74, 6) is 0. The van der Waals surface area contributed by atoms with Crippen LogP contribution in [0.25, 0.3) is 17.2 Å². The van der Waals surface area contributed by atoms with Crippen molar-refractivity contribution >= 4 is 23.1 Å². The molecule has 2 aromatic carbocycles. The monoisotopic (exact) mass is 457 g/mol. The zero-order chi connectivity index (χ0) is 23.6. The molecule has 0 saturated heterocycles. The Morgan fingerprint density at radius 1 is 0.879 bits per heavy atom. The van der Waals surface area contributed by atoms with Gasteiger partial charge in [-0.1, -0.05) is 74.5 Å². The van der Waals surface area contributed by atoms with Gasteiger partial charge >= 0.3 is 0 Å². The first-order valence-electron chi connectivity index (χ1n) is 11.9. The van der Waals surface area contributed by atoms with E-state index in [0.29, 0.717) is 0 Å². The molecule has 0 unspecified atom stereocenters. The third-order valence-corrected chi connectivity index (χ3v) is 7.12. The molecule has 1 aliphatic rings. The lowest BCUT2D eigenvalue weighted by Gasteiger charge is -2.18. The zero-order valence-electron chi connectivity index (χ0n) is 20.7. The summed E-state index contributed by atoms with van der Waals surface area (Å²) >= 11 is 1.89.